The lowest BCUT2D eigenvalue weighted by Crippen LogP contribution is -2.08. The third-order valence-electron chi connectivity index (χ3n) is 3.43. The monoisotopic (exact) mass is 340 g/mol. The van der Waals surface area contributed by atoms with Crippen molar-refractivity contribution in [1.82, 2.24) is 10.2 Å². The van der Waals surface area contributed by atoms with Crippen molar-refractivity contribution < 1.29 is 18.4 Å². The largest absolute Gasteiger partial charge is 0.449 e. The van der Waals surface area contributed by atoms with Crippen LogP contribution in [0.5, 0.6) is 0 Å². The summed E-state index contributed by atoms with van der Waals surface area (Å²) >= 11 is 1.50. The zero-order chi connectivity index (χ0) is 16.5. The van der Waals surface area contributed by atoms with Gasteiger partial charge in [0.25, 0.3) is 11.8 Å². The molecule has 24 heavy (non-hydrogen) atoms. The highest BCUT2D eigenvalue weighted by Gasteiger charge is 2.22. The predicted molar refractivity (Wildman–Crippen MR) is 87.7 cm³/mol. The topological polar surface area (TPSA) is 78.4 Å². The number of para-hydroxylation sites is 1. The highest BCUT2D eigenvalue weighted by molar-refractivity contribution is 7.13. The number of nitrogens with zero attached hydrogens (tertiary/aromatic N) is 2. The first kappa shape index (κ1) is 14.6. The van der Waals surface area contributed by atoms with E-state index in [1.54, 1.807) is 19.1 Å². The first-order chi connectivity index (χ1) is 11.7. The Morgan fingerprint density at radius 3 is 2.83 bits per heavy atom. The van der Waals surface area contributed by atoms with E-state index in [0.717, 1.165) is 10.3 Å². The number of carbonyl (C=O) groups excluding carboxylic acids is 1. The van der Waals surface area contributed by atoms with Crippen molar-refractivity contribution in [2.75, 3.05) is 0 Å². The molecule has 6 nitrogen and oxygen atoms in total. The summed E-state index contributed by atoms with van der Waals surface area (Å²) < 4.78 is 16.4. The molecule has 4 rings (SSSR count). The van der Waals surface area contributed by atoms with E-state index >= 15 is 0 Å². The maximum atomic E-state index is 12.2. The van der Waals surface area contributed by atoms with Gasteiger partial charge in [-0.25, -0.2) is 4.79 Å². The van der Waals surface area contributed by atoms with Crippen LogP contribution < -0.4 is 0 Å². The van der Waals surface area contributed by atoms with E-state index < -0.39 is 12.1 Å². The Hall–Kier alpha value is -2.93. The second-order valence-corrected chi connectivity index (χ2v) is 6.07. The zero-order valence-corrected chi connectivity index (χ0v) is 13.4. The predicted octanol–water partition coefficient (Wildman–Crippen LogP) is 4.46. The lowest BCUT2D eigenvalue weighted by molar-refractivity contribution is 0.0247. The zero-order valence-electron chi connectivity index (χ0n) is 12.6. The molecule has 0 spiro atoms. The molecule has 1 unspecified atom stereocenters. The molecule has 0 radical (unpaired) electrons. The van der Waals surface area contributed by atoms with E-state index in [1.165, 1.54) is 11.3 Å². The molecule has 4 aromatic rings. The summed E-state index contributed by atoms with van der Waals surface area (Å²) in [6, 6.07) is 12.8. The summed E-state index contributed by atoms with van der Waals surface area (Å²) in [5.74, 6) is 0.213. The van der Waals surface area contributed by atoms with Gasteiger partial charge in [0, 0.05) is 5.39 Å². The van der Waals surface area contributed by atoms with Crippen LogP contribution in [-0.2, 0) is 4.74 Å². The van der Waals surface area contributed by atoms with Crippen LogP contribution in [0.4, 0.5) is 0 Å². The summed E-state index contributed by atoms with van der Waals surface area (Å²) in [7, 11) is 0. The molecule has 0 aliphatic carbocycles. The van der Waals surface area contributed by atoms with Gasteiger partial charge in [0.15, 0.2) is 6.10 Å². The standard InChI is InChI=1S/C17H12N2O4S/c1-10(15-18-19-16(23-15)14-7-4-8-24-14)21-17(20)13-9-11-5-2-3-6-12(11)22-13/h2-10H,1H3. The summed E-state index contributed by atoms with van der Waals surface area (Å²) in [4.78, 5) is 13.1. The van der Waals surface area contributed by atoms with E-state index in [9.17, 15) is 4.79 Å². The Labute approximate surface area is 140 Å². The molecule has 0 aliphatic heterocycles. The minimum absolute atomic E-state index is 0.140. The van der Waals surface area contributed by atoms with Crippen LogP contribution in [0, 0.1) is 0 Å². The molecule has 7 heteroatoms. The lowest BCUT2D eigenvalue weighted by Gasteiger charge is -2.07. The molecule has 0 amide bonds. The second kappa shape index (κ2) is 5.93. The van der Waals surface area contributed by atoms with Gasteiger partial charge in [-0.1, -0.05) is 24.3 Å². The molecule has 0 saturated carbocycles. The van der Waals surface area contributed by atoms with Crippen molar-refractivity contribution in [1.29, 1.82) is 0 Å². The highest BCUT2D eigenvalue weighted by atomic mass is 32.1. The smallest absolute Gasteiger partial charge is 0.375 e. The number of hydrogen-bond donors (Lipinski definition) is 0. The first-order valence-electron chi connectivity index (χ1n) is 7.27. The maximum absolute atomic E-state index is 12.2. The minimum atomic E-state index is -0.674. The number of thiophene rings is 1. The summed E-state index contributed by atoms with van der Waals surface area (Å²) in [5, 5.41) is 10.7. The maximum Gasteiger partial charge on any atom is 0.375 e. The number of benzene rings is 1. The fourth-order valence-corrected chi connectivity index (χ4v) is 2.89. The minimum Gasteiger partial charge on any atom is -0.449 e. The summed E-state index contributed by atoms with van der Waals surface area (Å²) in [5.41, 5.74) is 0.634. The Bertz CT molecular complexity index is 954. The van der Waals surface area contributed by atoms with Gasteiger partial charge in [-0.2, -0.15) is 0 Å². The van der Waals surface area contributed by atoms with Crippen molar-refractivity contribution in [3.63, 3.8) is 0 Å². The normalized spacial score (nSPS) is 12.4. The Morgan fingerprint density at radius 1 is 1.17 bits per heavy atom. The second-order valence-electron chi connectivity index (χ2n) is 5.12. The van der Waals surface area contributed by atoms with Crippen molar-refractivity contribution in [2.24, 2.45) is 0 Å². The van der Waals surface area contributed by atoms with Crippen LogP contribution in [0.3, 0.4) is 0 Å². The van der Waals surface area contributed by atoms with Gasteiger partial charge in [-0.15, -0.1) is 21.5 Å². The number of furan rings is 1. The van der Waals surface area contributed by atoms with Gasteiger partial charge in [0.05, 0.1) is 4.88 Å². The number of rotatable bonds is 4. The molecule has 1 atom stereocenters. The van der Waals surface area contributed by atoms with E-state index in [2.05, 4.69) is 10.2 Å². The summed E-state index contributed by atoms with van der Waals surface area (Å²) in [6.45, 7) is 1.67. The quantitative estimate of drug-likeness (QED) is 0.510. The molecule has 1 aromatic carbocycles. The van der Waals surface area contributed by atoms with Crippen LogP contribution in [-0.4, -0.2) is 16.2 Å². The van der Waals surface area contributed by atoms with Crippen LogP contribution in [0.1, 0.15) is 29.5 Å². The Balaban J connectivity index is 1.51. The summed E-state index contributed by atoms with van der Waals surface area (Å²) in [6.07, 6.45) is -0.674. The Morgan fingerprint density at radius 2 is 2.04 bits per heavy atom. The molecule has 0 fully saturated rings. The third-order valence-corrected chi connectivity index (χ3v) is 4.29. The van der Waals surface area contributed by atoms with Gasteiger partial charge < -0.3 is 13.6 Å². The number of esters is 1. The molecule has 3 aromatic heterocycles. The molecular weight excluding hydrogens is 328 g/mol. The SMILES string of the molecule is CC(OC(=O)c1cc2ccccc2o1)c1nnc(-c2cccs2)o1. The number of carbonyl (C=O) groups is 1. The van der Waals surface area contributed by atoms with E-state index in [4.69, 9.17) is 13.6 Å². The van der Waals surface area contributed by atoms with Gasteiger partial charge in [-0.3, -0.25) is 0 Å². The molecule has 3 heterocycles. The molecule has 0 saturated heterocycles. The van der Waals surface area contributed by atoms with Crippen LogP contribution >= 0.6 is 11.3 Å². The van der Waals surface area contributed by atoms with Crippen molar-refractivity contribution in [3.05, 3.63) is 59.5 Å². The number of aromatic nitrogens is 2. The van der Waals surface area contributed by atoms with E-state index in [0.29, 0.717) is 11.5 Å². The van der Waals surface area contributed by atoms with Gasteiger partial charge in [0.2, 0.25) is 5.76 Å². The fourth-order valence-electron chi connectivity index (χ4n) is 2.25. The van der Waals surface area contributed by atoms with Crippen LogP contribution in [0.2, 0.25) is 0 Å². The highest BCUT2D eigenvalue weighted by Crippen LogP contribution is 2.27. The molecule has 0 bridgehead atoms. The average molecular weight is 340 g/mol. The van der Waals surface area contributed by atoms with Gasteiger partial charge in [0.1, 0.15) is 5.58 Å². The first-order valence-corrected chi connectivity index (χ1v) is 8.15. The number of ether oxygens (including phenoxy) is 1. The molecule has 120 valence electrons. The van der Waals surface area contributed by atoms with Crippen molar-refractivity contribution >= 4 is 28.3 Å². The molecule has 0 N–H and O–H groups in total. The lowest BCUT2D eigenvalue weighted by atomic mass is 10.2. The Kier molecular flexibility index (Phi) is 3.62. The number of hydrogen-bond acceptors (Lipinski definition) is 7. The van der Waals surface area contributed by atoms with Crippen molar-refractivity contribution in [2.45, 2.75) is 13.0 Å². The van der Waals surface area contributed by atoms with Crippen LogP contribution in [0.15, 0.2) is 56.7 Å². The third kappa shape index (κ3) is 2.69. The fraction of sp³-hybridized carbons (Fsp3) is 0.118. The van der Waals surface area contributed by atoms with Gasteiger partial charge >= 0.3 is 5.97 Å². The van der Waals surface area contributed by atoms with Gasteiger partial charge in [-0.05, 0) is 30.5 Å². The molecular formula is C17H12N2O4S. The number of fused-ring (bicyclic) bond motifs is 1. The van der Waals surface area contributed by atoms with Crippen LogP contribution in [0.25, 0.3) is 21.7 Å². The molecule has 0 aliphatic rings. The average Bonchev–Trinajstić information content (AvgIpc) is 3.32. The van der Waals surface area contributed by atoms with E-state index in [-0.39, 0.29) is 11.7 Å². The van der Waals surface area contributed by atoms with E-state index in [1.807, 2.05) is 35.7 Å². The van der Waals surface area contributed by atoms with Crippen molar-refractivity contribution in [3.8, 4) is 10.8 Å².